The molecular formula is C22H30N2O5. The Morgan fingerprint density at radius 1 is 1.17 bits per heavy atom. The van der Waals surface area contributed by atoms with Crippen molar-refractivity contribution in [3.8, 4) is 5.75 Å². The third-order valence-electron chi connectivity index (χ3n) is 5.19. The number of carbonyl (C=O) groups is 1. The summed E-state index contributed by atoms with van der Waals surface area (Å²) < 4.78 is 10.6. The van der Waals surface area contributed by atoms with Crippen LogP contribution >= 0.6 is 0 Å². The molecule has 3 rings (SSSR count). The summed E-state index contributed by atoms with van der Waals surface area (Å²) in [4.78, 5) is 28.3. The number of aromatic hydroxyl groups is 1. The van der Waals surface area contributed by atoms with Gasteiger partial charge in [-0.3, -0.25) is 4.90 Å². The van der Waals surface area contributed by atoms with E-state index in [1.54, 1.807) is 4.90 Å². The van der Waals surface area contributed by atoms with Gasteiger partial charge in [-0.1, -0.05) is 20.8 Å². The number of rotatable bonds is 5. The fourth-order valence-electron chi connectivity index (χ4n) is 3.60. The second-order valence-corrected chi connectivity index (χ2v) is 8.01. The van der Waals surface area contributed by atoms with Crippen molar-refractivity contribution >= 4 is 17.1 Å². The minimum Gasteiger partial charge on any atom is -0.508 e. The number of phenols is 1. The second kappa shape index (κ2) is 9.31. The molecule has 7 nitrogen and oxygen atoms in total. The molecule has 1 aliphatic rings. The van der Waals surface area contributed by atoms with Crippen molar-refractivity contribution < 1.29 is 19.1 Å². The number of phenolic OH excluding ortho intramolecular Hbond substituents is 1. The van der Waals surface area contributed by atoms with Gasteiger partial charge in [0.25, 0.3) is 0 Å². The van der Waals surface area contributed by atoms with Crippen molar-refractivity contribution in [2.45, 2.75) is 40.2 Å². The van der Waals surface area contributed by atoms with Crippen LogP contribution in [0.5, 0.6) is 5.75 Å². The molecule has 0 saturated carbocycles. The largest absolute Gasteiger partial charge is 0.508 e. The smallest absolute Gasteiger partial charge is 0.409 e. The number of nitrogens with zero attached hydrogens (tertiary/aromatic N) is 2. The number of hydrogen-bond donors (Lipinski definition) is 1. The summed E-state index contributed by atoms with van der Waals surface area (Å²) in [6.07, 6.45) is 1.28. The van der Waals surface area contributed by atoms with Gasteiger partial charge in [0.15, 0.2) is 0 Å². The number of fused-ring (bicyclic) bond motifs is 1. The summed E-state index contributed by atoms with van der Waals surface area (Å²) in [5.74, 6) is 0.457. The summed E-state index contributed by atoms with van der Waals surface area (Å²) in [6.45, 7) is 9.81. The molecule has 1 aromatic heterocycles. The van der Waals surface area contributed by atoms with Crippen LogP contribution in [0.25, 0.3) is 11.0 Å². The van der Waals surface area contributed by atoms with Gasteiger partial charge in [0.2, 0.25) is 0 Å². The van der Waals surface area contributed by atoms with Gasteiger partial charge >= 0.3 is 11.7 Å². The van der Waals surface area contributed by atoms with Gasteiger partial charge in [0, 0.05) is 50.2 Å². The van der Waals surface area contributed by atoms with E-state index < -0.39 is 5.63 Å². The standard InChI is InChI=1S/C22H30N2O5/c1-4-16-10-18-17(11-21(26)29-20(18)12-19(16)25)13-23-6-5-7-24(9-8-23)22(27)28-14-15(2)3/h10-12,15,25H,4-9,13-14H2,1-3H3. The molecule has 0 atom stereocenters. The lowest BCUT2D eigenvalue weighted by molar-refractivity contribution is 0.0930. The van der Waals surface area contributed by atoms with Crippen LogP contribution in [0.4, 0.5) is 4.79 Å². The Bertz CT molecular complexity index is 921. The predicted molar refractivity (Wildman–Crippen MR) is 111 cm³/mol. The quantitative estimate of drug-likeness (QED) is 0.772. The molecule has 1 saturated heterocycles. The van der Waals surface area contributed by atoms with E-state index in [4.69, 9.17) is 9.15 Å². The highest BCUT2D eigenvalue weighted by Crippen LogP contribution is 2.27. The first-order valence-electron chi connectivity index (χ1n) is 10.3. The van der Waals surface area contributed by atoms with E-state index in [1.807, 2.05) is 26.8 Å². The first-order chi connectivity index (χ1) is 13.9. The monoisotopic (exact) mass is 402 g/mol. The third-order valence-corrected chi connectivity index (χ3v) is 5.19. The highest BCUT2D eigenvalue weighted by molar-refractivity contribution is 5.82. The van der Waals surface area contributed by atoms with Gasteiger partial charge in [-0.2, -0.15) is 0 Å². The van der Waals surface area contributed by atoms with Crippen molar-refractivity contribution in [1.82, 2.24) is 9.80 Å². The number of amides is 1. The number of benzene rings is 1. The van der Waals surface area contributed by atoms with E-state index in [1.165, 1.54) is 12.1 Å². The van der Waals surface area contributed by atoms with Crippen LogP contribution in [0.1, 0.15) is 38.3 Å². The van der Waals surface area contributed by atoms with Gasteiger partial charge in [-0.25, -0.2) is 9.59 Å². The zero-order valence-electron chi connectivity index (χ0n) is 17.4. The molecule has 0 radical (unpaired) electrons. The van der Waals surface area contributed by atoms with E-state index in [-0.39, 0.29) is 11.8 Å². The van der Waals surface area contributed by atoms with Gasteiger partial charge in [0.1, 0.15) is 11.3 Å². The molecular weight excluding hydrogens is 372 g/mol. The molecule has 2 heterocycles. The van der Waals surface area contributed by atoms with E-state index in [0.29, 0.717) is 50.7 Å². The lowest BCUT2D eigenvalue weighted by Gasteiger charge is -2.22. The Morgan fingerprint density at radius 3 is 2.69 bits per heavy atom. The molecule has 1 aromatic carbocycles. The fraction of sp³-hybridized carbons (Fsp3) is 0.545. The van der Waals surface area contributed by atoms with Crippen LogP contribution < -0.4 is 5.63 Å². The summed E-state index contributed by atoms with van der Waals surface area (Å²) >= 11 is 0. The minimum atomic E-state index is -0.426. The number of ether oxygens (including phenoxy) is 1. The Hall–Kier alpha value is -2.54. The molecule has 0 spiro atoms. The molecule has 158 valence electrons. The van der Waals surface area contributed by atoms with Gasteiger partial charge in [0.05, 0.1) is 6.61 Å². The fourth-order valence-corrected chi connectivity index (χ4v) is 3.60. The summed E-state index contributed by atoms with van der Waals surface area (Å²) in [5.41, 5.74) is 1.67. The molecule has 0 unspecified atom stereocenters. The minimum absolute atomic E-state index is 0.144. The zero-order chi connectivity index (χ0) is 21.0. The normalized spacial score (nSPS) is 15.7. The highest BCUT2D eigenvalue weighted by Gasteiger charge is 2.21. The van der Waals surface area contributed by atoms with Crippen molar-refractivity contribution in [2.75, 3.05) is 32.8 Å². The molecule has 0 bridgehead atoms. The average Bonchev–Trinajstić information content (AvgIpc) is 2.91. The zero-order valence-corrected chi connectivity index (χ0v) is 17.4. The van der Waals surface area contributed by atoms with Gasteiger partial charge in [-0.05, 0) is 36.0 Å². The topological polar surface area (TPSA) is 83.2 Å². The third kappa shape index (κ3) is 5.29. The lowest BCUT2D eigenvalue weighted by atomic mass is 10.0. The van der Waals surface area contributed by atoms with Gasteiger partial charge in [-0.15, -0.1) is 0 Å². The molecule has 2 aromatic rings. The van der Waals surface area contributed by atoms with E-state index in [2.05, 4.69) is 4.90 Å². The van der Waals surface area contributed by atoms with Crippen LogP contribution in [-0.2, 0) is 17.7 Å². The molecule has 1 aliphatic heterocycles. The number of aryl methyl sites for hydroxylation is 1. The second-order valence-electron chi connectivity index (χ2n) is 8.01. The van der Waals surface area contributed by atoms with Crippen LogP contribution in [0.15, 0.2) is 27.4 Å². The van der Waals surface area contributed by atoms with Crippen LogP contribution in [0.3, 0.4) is 0 Å². The average molecular weight is 402 g/mol. The van der Waals surface area contributed by atoms with Crippen LogP contribution in [0.2, 0.25) is 0 Å². The van der Waals surface area contributed by atoms with Crippen molar-refractivity contribution in [2.24, 2.45) is 5.92 Å². The van der Waals surface area contributed by atoms with Crippen molar-refractivity contribution in [3.05, 3.63) is 39.7 Å². The maximum atomic E-state index is 12.3. The first-order valence-corrected chi connectivity index (χ1v) is 10.3. The lowest BCUT2D eigenvalue weighted by Crippen LogP contribution is -2.36. The van der Waals surface area contributed by atoms with Crippen molar-refractivity contribution in [1.29, 1.82) is 0 Å². The molecule has 29 heavy (non-hydrogen) atoms. The molecule has 7 heteroatoms. The Labute approximate surface area is 170 Å². The molecule has 1 N–H and O–H groups in total. The number of carbonyl (C=O) groups excluding carboxylic acids is 1. The first kappa shape index (κ1) is 21.2. The number of hydrogen-bond acceptors (Lipinski definition) is 6. The SMILES string of the molecule is CCc1cc2c(CN3CCCN(C(=O)OCC(C)C)CC3)cc(=O)oc2cc1O. The van der Waals surface area contributed by atoms with E-state index in [0.717, 1.165) is 29.5 Å². The van der Waals surface area contributed by atoms with E-state index in [9.17, 15) is 14.7 Å². The van der Waals surface area contributed by atoms with Crippen molar-refractivity contribution in [3.63, 3.8) is 0 Å². The summed E-state index contributed by atoms with van der Waals surface area (Å²) in [6, 6.07) is 4.95. The maximum Gasteiger partial charge on any atom is 0.409 e. The van der Waals surface area contributed by atoms with Gasteiger partial charge < -0.3 is 19.2 Å². The molecule has 1 fully saturated rings. The summed E-state index contributed by atoms with van der Waals surface area (Å²) in [5, 5.41) is 10.9. The van der Waals surface area contributed by atoms with E-state index >= 15 is 0 Å². The van der Waals surface area contributed by atoms with Crippen LogP contribution in [-0.4, -0.2) is 53.8 Å². The Kier molecular flexibility index (Phi) is 6.79. The summed E-state index contributed by atoms with van der Waals surface area (Å²) in [7, 11) is 0. The molecule has 0 aliphatic carbocycles. The maximum absolute atomic E-state index is 12.3. The predicted octanol–water partition coefficient (Wildman–Crippen LogP) is 3.36. The molecule has 1 amide bonds. The highest BCUT2D eigenvalue weighted by atomic mass is 16.6. The Morgan fingerprint density at radius 2 is 1.97 bits per heavy atom. The Balaban J connectivity index is 1.74. The van der Waals surface area contributed by atoms with Crippen LogP contribution in [0, 0.1) is 5.92 Å².